The number of hydrogen-bond donors (Lipinski definition) is 2. The van der Waals surface area contributed by atoms with E-state index in [1.54, 1.807) is 24.3 Å². The SMILES string of the molecule is CC(=O)OC[C@H]1O[C@@H](OC[C@H]2O[C@H](Sc3ccc(C)cc3)[C@H](O)[C@@H](O[C@@H]3O[C@H](COC(C)=O)[C@@H](OC(C)=O)[C@H](OC(C)=O)[C@H]3OC(C)=O)[C@H]2O)[C@H](OC(C)=O)[C@@H](OC(C)=O)[C@@H]1OC(C)=O. The third-order valence-corrected chi connectivity index (χ3v) is 10.7. The summed E-state index contributed by atoms with van der Waals surface area (Å²) in [7, 11) is 0. The second-order valence-electron chi connectivity index (χ2n) is 15.0. The molecule has 3 aliphatic rings. The van der Waals surface area contributed by atoms with Gasteiger partial charge in [0.2, 0.25) is 0 Å². The average molecular weight is 947 g/mol. The molecule has 15 atom stereocenters. The van der Waals surface area contributed by atoms with Crippen molar-refractivity contribution in [1.82, 2.24) is 0 Å². The van der Waals surface area contributed by atoms with Crippen LogP contribution in [0, 0.1) is 6.92 Å². The first kappa shape index (κ1) is 52.7. The quantitative estimate of drug-likeness (QED) is 0.155. The molecule has 23 nitrogen and oxygen atoms in total. The van der Waals surface area contributed by atoms with Gasteiger partial charge in [-0.15, -0.1) is 0 Å². The molecule has 4 rings (SSSR count). The van der Waals surface area contributed by atoms with E-state index in [2.05, 4.69) is 0 Å². The largest absolute Gasteiger partial charge is 0.463 e. The van der Waals surface area contributed by atoms with E-state index in [4.69, 9.17) is 61.6 Å². The van der Waals surface area contributed by atoms with Crippen molar-refractivity contribution in [2.24, 2.45) is 0 Å². The van der Waals surface area contributed by atoms with E-state index in [-0.39, 0.29) is 0 Å². The van der Waals surface area contributed by atoms with E-state index < -0.39 is 159 Å². The summed E-state index contributed by atoms with van der Waals surface area (Å²) < 4.78 is 73.8. The standard InChI is InChI=1S/C41H54O23S/c1-17-10-12-26(13-11-17)65-41-31(51)34(64-40-38(60-25(9)49)36(58-23(7)47)33(56-21(5)45)29(62-40)16-53-19(3)43)30(50)27(63-41)14-54-39-37(59-24(8)48)35(57-22(6)46)32(55-20(4)44)28(61-39)15-52-18(2)42/h10-13,27-41,50-51H,14-16H2,1-9H3/t27-,28-,29-,30+,31-,32-,33-,34+,35+,36+,37-,38-,39-,40+,41-/m1/s1. The van der Waals surface area contributed by atoms with E-state index in [0.717, 1.165) is 72.7 Å². The highest BCUT2D eigenvalue weighted by Gasteiger charge is 2.57. The van der Waals surface area contributed by atoms with Gasteiger partial charge in [-0.25, -0.2) is 0 Å². The minimum atomic E-state index is -1.89. The highest BCUT2D eigenvalue weighted by molar-refractivity contribution is 7.99. The number of aliphatic hydroxyl groups is 2. The Bertz CT molecular complexity index is 1860. The number of aliphatic hydroxyl groups excluding tert-OH is 2. The van der Waals surface area contributed by atoms with Crippen LogP contribution in [0.2, 0.25) is 0 Å². The molecule has 24 heteroatoms. The van der Waals surface area contributed by atoms with Crippen LogP contribution in [-0.4, -0.2) is 169 Å². The zero-order chi connectivity index (χ0) is 48.3. The number of hydrogen-bond acceptors (Lipinski definition) is 24. The van der Waals surface area contributed by atoms with Gasteiger partial charge in [-0.2, -0.15) is 0 Å². The minimum absolute atomic E-state index is 0.562. The topological polar surface area (TPSA) is 297 Å². The molecule has 0 saturated carbocycles. The van der Waals surface area contributed by atoms with E-state index in [0.29, 0.717) is 4.90 Å². The zero-order valence-electron chi connectivity index (χ0n) is 37.0. The Morgan fingerprint density at radius 1 is 0.477 bits per heavy atom. The lowest BCUT2D eigenvalue weighted by atomic mass is 9.96. The van der Waals surface area contributed by atoms with Crippen molar-refractivity contribution in [2.45, 2.75) is 158 Å². The lowest BCUT2D eigenvalue weighted by Crippen LogP contribution is -2.66. The number of carbonyl (C=O) groups excluding carboxylic acids is 8. The van der Waals surface area contributed by atoms with Crippen LogP contribution < -0.4 is 0 Å². The van der Waals surface area contributed by atoms with Crippen LogP contribution in [0.15, 0.2) is 29.2 Å². The third kappa shape index (κ3) is 15.3. The van der Waals surface area contributed by atoms with Gasteiger partial charge in [0, 0.05) is 60.3 Å². The molecule has 0 unspecified atom stereocenters. The molecule has 0 spiro atoms. The number of esters is 8. The smallest absolute Gasteiger partial charge is 0.303 e. The van der Waals surface area contributed by atoms with Gasteiger partial charge >= 0.3 is 47.8 Å². The zero-order valence-corrected chi connectivity index (χ0v) is 37.8. The molecule has 0 bridgehead atoms. The Morgan fingerprint density at radius 2 is 0.877 bits per heavy atom. The number of ether oxygens (including phenoxy) is 13. The van der Waals surface area contributed by atoms with Crippen LogP contribution in [0.5, 0.6) is 0 Å². The van der Waals surface area contributed by atoms with E-state index in [1.807, 2.05) is 6.92 Å². The van der Waals surface area contributed by atoms with Crippen LogP contribution in [-0.2, 0) is 99.9 Å². The molecule has 3 fully saturated rings. The Hall–Kier alpha value is -4.95. The first-order chi connectivity index (χ1) is 30.5. The maximum Gasteiger partial charge on any atom is 0.303 e. The lowest BCUT2D eigenvalue weighted by Gasteiger charge is -2.48. The van der Waals surface area contributed by atoms with Gasteiger partial charge in [0.05, 0.1) is 6.61 Å². The van der Waals surface area contributed by atoms with Gasteiger partial charge in [-0.3, -0.25) is 38.4 Å². The van der Waals surface area contributed by atoms with Crippen molar-refractivity contribution < 1.29 is 110 Å². The highest BCUT2D eigenvalue weighted by atomic mass is 32.2. The van der Waals surface area contributed by atoms with Crippen molar-refractivity contribution >= 4 is 59.5 Å². The fraction of sp³-hybridized carbons (Fsp3) is 0.659. The van der Waals surface area contributed by atoms with Crippen LogP contribution in [0.1, 0.15) is 61.0 Å². The predicted octanol–water partition coefficient (Wildman–Crippen LogP) is 0.102. The summed E-state index contributed by atoms with van der Waals surface area (Å²) in [6.45, 7) is 8.42. The lowest BCUT2D eigenvalue weighted by molar-refractivity contribution is -0.344. The van der Waals surface area contributed by atoms with Crippen LogP contribution >= 0.6 is 11.8 Å². The monoisotopic (exact) mass is 946 g/mol. The van der Waals surface area contributed by atoms with Crippen molar-refractivity contribution in [2.75, 3.05) is 19.8 Å². The first-order valence-electron chi connectivity index (χ1n) is 20.2. The molecule has 0 amide bonds. The predicted molar refractivity (Wildman–Crippen MR) is 212 cm³/mol. The Morgan fingerprint density at radius 3 is 1.31 bits per heavy atom. The summed E-state index contributed by atoms with van der Waals surface area (Å²) in [6.07, 6.45) is -23.0. The maximum absolute atomic E-state index is 12.5. The van der Waals surface area contributed by atoms with Crippen LogP contribution in [0.4, 0.5) is 0 Å². The summed E-state index contributed by atoms with van der Waals surface area (Å²) in [6, 6.07) is 7.06. The molecule has 1 aromatic carbocycles. The minimum Gasteiger partial charge on any atom is -0.463 e. The van der Waals surface area contributed by atoms with E-state index in [1.165, 1.54) is 0 Å². The van der Waals surface area contributed by atoms with Crippen molar-refractivity contribution in [3.8, 4) is 0 Å². The summed E-state index contributed by atoms with van der Waals surface area (Å²) in [5.74, 6) is -6.93. The summed E-state index contributed by atoms with van der Waals surface area (Å²) in [5, 5.41) is 23.9. The van der Waals surface area contributed by atoms with Gasteiger partial charge in [0.1, 0.15) is 55.3 Å². The number of aryl methyl sites for hydroxylation is 1. The molecular weight excluding hydrogens is 892 g/mol. The number of thioether (sulfide) groups is 1. The molecule has 3 saturated heterocycles. The van der Waals surface area contributed by atoms with E-state index in [9.17, 15) is 48.6 Å². The first-order valence-corrected chi connectivity index (χ1v) is 21.0. The number of benzene rings is 1. The molecule has 65 heavy (non-hydrogen) atoms. The maximum atomic E-state index is 12.5. The molecule has 0 aromatic heterocycles. The summed E-state index contributed by atoms with van der Waals surface area (Å²) in [4.78, 5) is 98.6. The molecule has 1 aromatic rings. The van der Waals surface area contributed by atoms with Gasteiger partial charge in [-0.1, -0.05) is 29.5 Å². The number of rotatable bonds is 17. The van der Waals surface area contributed by atoms with Gasteiger partial charge in [-0.05, 0) is 19.1 Å². The fourth-order valence-corrected chi connectivity index (χ4v) is 8.07. The van der Waals surface area contributed by atoms with Gasteiger partial charge in [0.25, 0.3) is 0 Å². The highest BCUT2D eigenvalue weighted by Crippen LogP contribution is 2.38. The molecule has 362 valence electrons. The molecule has 0 aliphatic carbocycles. The molecule has 3 aliphatic heterocycles. The number of carbonyl (C=O) groups is 8. The average Bonchev–Trinajstić information content (AvgIpc) is 3.19. The van der Waals surface area contributed by atoms with E-state index >= 15 is 0 Å². The summed E-state index contributed by atoms with van der Waals surface area (Å²) in [5.41, 5.74) is -0.378. The second-order valence-corrected chi connectivity index (χ2v) is 16.2. The van der Waals surface area contributed by atoms with Gasteiger partial charge in [0.15, 0.2) is 49.2 Å². The normalized spacial score (nSPS) is 32.1. The second kappa shape index (κ2) is 24.0. The van der Waals surface area contributed by atoms with Crippen molar-refractivity contribution in [1.29, 1.82) is 0 Å². The summed E-state index contributed by atoms with van der Waals surface area (Å²) >= 11 is 1.00. The Labute approximate surface area is 377 Å². The fourth-order valence-electron chi connectivity index (χ4n) is 7.01. The van der Waals surface area contributed by atoms with Gasteiger partial charge < -0.3 is 71.8 Å². The Balaban J connectivity index is 1.76. The molecule has 3 heterocycles. The molecule has 2 N–H and O–H groups in total. The van der Waals surface area contributed by atoms with Crippen LogP contribution in [0.25, 0.3) is 0 Å². The third-order valence-electron chi connectivity index (χ3n) is 9.53. The molecule has 0 radical (unpaired) electrons. The van der Waals surface area contributed by atoms with Crippen molar-refractivity contribution in [3.63, 3.8) is 0 Å². The molecular formula is C41H54O23S. The Kier molecular flexibility index (Phi) is 19.5. The van der Waals surface area contributed by atoms with Crippen LogP contribution in [0.3, 0.4) is 0 Å². The van der Waals surface area contributed by atoms with Crippen molar-refractivity contribution in [3.05, 3.63) is 29.8 Å².